The first kappa shape index (κ1) is 13.0. The average Bonchev–Trinajstić information content (AvgIpc) is 2.29. The molecule has 1 aromatic rings. The van der Waals surface area contributed by atoms with Crippen molar-refractivity contribution in [3.8, 4) is 0 Å². The Balaban J connectivity index is 2.91. The minimum atomic E-state index is -3.11. The van der Waals surface area contributed by atoms with Gasteiger partial charge in [-0.3, -0.25) is 5.84 Å². The van der Waals surface area contributed by atoms with Gasteiger partial charge in [-0.1, -0.05) is 6.92 Å². The summed E-state index contributed by atoms with van der Waals surface area (Å²) in [5, 5.41) is 0. The number of nitrogens with one attached hydrogen (secondary N) is 1. The summed E-state index contributed by atoms with van der Waals surface area (Å²) < 4.78 is 23.1. The van der Waals surface area contributed by atoms with E-state index < -0.39 is 9.84 Å². The van der Waals surface area contributed by atoms with E-state index in [2.05, 4.69) is 5.43 Å². The molecular formula is C10H17N3O2S. The molecule has 5 nitrogen and oxygen atoms in total. The van der Waals surface area contributed by atoms with Crippen LogP contribution < -0.4 is 16.2 Å². The van der Waals surface area contributed by atoms with Crippen LogP contribution in [0.25, 0.3) is 0 Å². The fourth-order valence-electron chi connectivity index (χ4n) is 1.30. The Hall–Kier alpha value is -1.11. The Morgan fingerprint density at radius 2 is 1.88 bits per heavy atom. The average molecular weight is 243 g/mol. The Labute approximate surface area is 96.1 Å². The summed E-state index contributed by atoms with van der Waals surface area (Å²) in [5.74, 6) is 5.32. The lowest BCUT2D eigenvalue weighted by molar-refractivity contribution is 0.597. The molecule has 0 radical (unpaired) electrons. The number of nitrogens with two attached hydrogens (primary N) is 1. The van der Waals surface area contributed by atoms with Gasteiger partial charge >= 0.3 is 0 Å². The molecule has 0 fully saturated rings. The topological polar surface area (TPSA) is 75.4 Å². The highest BCUT2D eigenvalue weighted by Gasteiger charge is 2.11. The zero-order chi connectivity index (χ0) is 12.2. The third-order valence-corrected chi connectivity index (χ3v) is 4.10. The van der Waals surface area contributed by atoms with Gasteiger partial charge in [0.05, 0.1) is 17.3 Å². The van der Waals surface area contributed by atoms with E-state index in [1.54, 1.807) is 31.2 Å². The van der Waals surface area contributed by atoms with Crippen LogP contribution in [0.2, 0.25) is 0 Å². The lowest BCUT2D eigenvalue weighted by Crippen LogP contribution is -2.35. The van der Waals surface area contributed by atoms with Gasteiger partial charge in [0.2, 0.25) is 0 Å². The van der Waals surface area contributed by atoms with Crippen LogP contribution in [0.5, 0.6) is 0 Å². The van der Waals surface area contributed by atoms with Crippen LogP contribution in [-0.4, -0.2) is 27.9 Å². The van der Waals surface area contributed by atoms with Crippen molar-refractivity contribution in [1.29, 1.82) is 0 Å². The summed E-state index contributed by atoms with van der Waals surface area (Å²) in [6, 6.07) is 6.75. The monoisotopic (exact) mass is 243 g/mol. The predicted octanol–water partition coefficient (Wildman–Crippen LogP) is 0.337. The highest BCUT2D eigenvalue weighted by molar-refractivity contribution is 7.91. The second kappa shape index (κ2) is 5.29. The molecule has 16 heavy (non-hydrogen) atoms. The maximum Gasteiger partial charge on any atom is 0.178 e. The van der Waals surface area contributed by atoms with E-state index in [-0.39, 0.29) is 5.75 Å². The molecule has 1 aromatic carbocycles. The minimum Gasteiger partial charge on any atom is -0.361 e. The summed E-state index contributed by atoms with van der Waals surface area (Å²) >= 11 is 0. The number of anilines is 1. The molecule has 0 bridgehead atoms. The molecule has 0 aliphatic heterocycles. The molecule has 0 atom stereocenters. The van der Waals surface area contributed by atoms with E-state index in [9.17, 15) is 8.42 Å². The maximum absolute atomic E-state index is 11.6. The molecule has 0 heterocycles. The summed E-state index contributed by atoms with van der Waals surface area (Å²) in [5.41, 5.74) is 3.44. The van der Waals surface area contributed by atoms with Crippen molar-refractivity contribution in [3.63, 3.8) is 0 Å². The predicted molar refractivity (Wildman–Crippen MR) is 64.8 cm³/mol. The van der Waals surface area contributed by atoms with Crippen LogP contribution in [-0.2, 0) is 9.84 Å². The first-order valence-corrected chi connectivity index (χ1v) is 6.64. The fraction of sp³-hybridized carbons (Fsp3) is 0.400. The van der Waals surface area contributed by atoms with E-state index in [0.717, 1.165) is 5.69 Å². The normalized spacial score (nSPS) is 11.4. The van der Waals surface area contributed by atoms with Crippen LogP contribution in [0.4, 0.5) is 5.69 Å². The van der Waals surface area contributed by atoms with E-state index in [1.165, 1.54) is 0 Å². The smallest absolute Gasteiger partial charge is 0.178 e. The quantitative estimate of drug-likeness (QED) is 0.443. The SMILES string of the molecule is CCS(=O)(=O)c1ccc(N(C)CNN)cc1. The second-order valence-corrected chi connectivity index (χ2v) is 5.74. The van der Waals surface area contributed by atoms with Gasteiger partial charge in [0.25, 0.3) is 0 Å². The van der Waals surface area contributed by atoms with E-state index in [0.29, 0.717) is 11.6 Å². The van der Waals surface area contributed by atoms with Crippen LogP contribution in [0.3, 0.4) is 0 Å². The standard InChI is InChI=1S/C10H17N3O2S/c1-3-16(14,15)10-6-4-9(5-7-10)13(2)8-12-11/h4-7,12H,3,8,11H2,1-2H3. The first-order chi connectivity index (χ1) is 7.51. The Bertz CT molecular complexity index is 428. The van der Waals surface area contributed by atoms with Crippen LogP contribution in [0.1, 0.15) is 6.92 Å². The number of nitrogens with zero attached hydrogens (tertiary/aromatic N) is 1. The highest BCUT2D eigenvalue weighted by Crippen LogP contribution is 2.17. The van der Waals surface area contributed by atoms with Crippen molar-refractivity contribution >= 4 is 15.5 Å². The van der Waals surface area contributed by atoms with Crippen molar-refractivity contribution in [2.24, 2.45) is 5.84 Å². The number of hydrogen-bond donors (Lipinski definition) is 2. The van der Waals surface area contributed by atoms with Crippen molar-refractivity contribution in [3.05, 3.63) is 24.3 Å². The lowest BCUT2D eigenvalue weighted by atomic mass is 10.3. The number of benzene rings is 1. The molecule has 1 rings (SSSR count). The molecule has 0 saturated heterocycles. The first-order valence-electron chi connectivity index (χ1n) is 4.98. The Morgan fingerprint density at radius 3 is 2.31 bits per heavy atom. The molecule has 0 saturated carbocycles. The highest BCUT2D eigenvalue weighted by atomic mass is 32.2. The fourth-order valence-corrected chi connectivity index (χ4v) is 2.19. The van der Waals surface area contributed by atoms with E-state index in [1.807, 2.05) is 11.9 Å². The van der Waals surface area contributed by atoms with Gasteiger partial charge in [0, 0.05) is 12.7 Å². The molecule has 0 spiro atoms. The Kier molecular flexibility index (Phi) is 4.28. The van der Waals surface area contributed by atoms with Crippen molar-refractivity contribution < 1.29 is 8.42 Å². The second-order valence-electron chi connectivity index (χ2n) is 3.46. The van der Waals surface area contributed by atoms with Gasteiger partial charge < -0.3 is 4.90 Å². The molecule has 6 heteroatoms. The third kappa shape index (κ3) is 2.94. The van der Waals surface area contributed by atoms with Crippen molar-refractivity contribution in [2.75, 3.05) is 24.4 Å². The zero-order valence-corrected chi connectivity index (χ0v) is 10.3. The van der Waals surface area contributed by atoms with Crippen LogP contribution in [0, 0.1) is 0 Å². The summed E-state index contributed by atoms with van der Waals surface area (Å²) in [6.45, 7) is 2.13. The molecule has 3 N–H and O–H groups in total. The maximum atomic E-state index is 11.6. The molecule has 0 unspecified atom stereocenters. The molecule has 0 aliphatic carbocycles. The summed E-state index contributed by atoms with van der Waals surface area (Å²) in [7, 11) is -1.25. The summed E-state index contributed by atoms with van der Waals surface area (Å²) in [6.07, 6.45) is 0. The van der Waals surface area contributed by atoms with Crippen molar-refractivity contribution in [2.45, 2.75) is 11.8 Å². The number of hydrogen-bond acceptors (Lipinski definition) is 5. The number of rotatable bonds is 5. The van der Waals surface area contributed by atoms with Gasteiger partial charge in [0.1, 0.15) is 0 Å². The Morgan fingerprint density at radius 1 is 1.31 bits per heavy atom. The molecule has 0 aromatic heterocycles. The van der Waals surface area contributed by atoms with Gasteiger partial charge in [0.15, 0.2) is 9.84 Å². The van der Waals surface area contributed by atoms with Gasteiger partial charge in [-0.2, -0.15) is 0 Å². The third-order valence-electron chi connectivity index (χ3n) is 2.35. The largest absolute Gasteiger partial charge is 0.361 e. The van der Waals surface area contributed by atoms with E-state index in [4.69, 9.17) is 5.84 Å². The summed E-state index contributed by atoms with van der Waals surface area (Å²) in [4.78, 5) is 2.23. The van der Waals surface area contributed by atoms with Crippen LogP contribution >= 0.6 is 0 Å². The number of hydrazine groups is 1. The van der Waals surface area contributed by atoms with E-state index >= 15 is 0 Å². The zero-order valence-electron chi connectivity index (χ0n) is 9.47. The minimum absolute atomic E-state index is 0.118. The number of sulfone groups is 1. The van der Waals surface area contributed by atoms with Crippen molar-refractivity contribution in [1.82, 2.24) is 5.43 Å². The van der Waals surface area contributed by atoms with Crippen LogP contribution in [0.15, 0.2) is 29.2 Å². The van der Waals surface area contributed by atoms with Gasteiger partial charge in [-0.15, -0.1) is 0 Å². The molecule has 0 amide bonds. The van der Waals surface area contributed by atoms with Gasteiger partial charge in [-0.25, -0.2) is 13.8 Å². The molecule has 0 aliphatic rings. The molecule has 90 valence electrons. The lowest BCUT2D eigenvalue weighted by Gasteiger charge is -2.18. The van der Waals surface area contributed by atoms with Gasteiger partial charge in [-0.05, 0) is 24.3 Å². The molecular weight excluding hydrogens is 226 g/mol.